The SMILES string of the molecule is CNc1ncc2cc(-c3cc(NC(=O)N4CC[C@H](CC(F)(F)F)C4)c(F)cc3C)c(C)nc2n1. The summed E-state index contributed by atoms with van der Waals surface area (Å²) in [6, 6.07) is 4.06. The van der Waals surface area contributed by atoms with E-state index < -0.39 is 30.4 Å². The molecule has 34 heavy (non-hydrogen) atoms. The number of halogens is 4. The molecule has 0 bridgehead atoms. The molecule has 0 aliphatic carbocycles. The first-order valence-electron chi connectivity index (χ1n) is 10.8. The summed E-state index contributed by atoms with van der Waals surface area (Å²) < 4.78 is 52.7. The Morgan fingerprint density at radius 2 is 1.94 bits per heavy atom. The first-order chi connectivity index (χ1) is 16.0. The summed E-state index contributed by atoms with van der Waals surface area (Å²) >= 11 is 0. The van der Waals surface area contributed by atoms with Crippen LogP contribution in [0, 0.1) is 25.6 Å². The van der Waals surface area contributed by atoms with E-state index >= 15 is 0 Å². The molecule has 0 saturated carbocycles. The van der Waals surface area contributed by atoms with Crippen LogP contribution in [0.1, 0.15) is 24.1 Å². The minimum Gasteiger partial charge on any atom is -0.357 e. The van der Waals surface area contributed by atoms with Crippen molar-refractivity contribution in [2.24, 2.45) is 5.92 Å². The number of amides is 2. The average molecular weight is 476 g/mol. The topological polar surface area (TPSA) is 83.0 Å². The Labute approximate surface area is 193 Å². The first-order valence-corrected chi connectivity index (χ1v) is 10.8. The summed E-state index contributed by atoms with van der Waals surface area (Å²) in [5.41, 5.74) is 3.15. The first kappa shape index (κ1) is 23.7. The predicted molar refractivity (Wildman–Crippen MR) is 121 cm³/mol. The molecule has 3 aromatic rings. The van der Waals surface area contributed by atoms with Gasteiger partial charge >= 0.3 is 12.2 Å². The molecule has 1 atom stereocenters. The van der Waals surface area contributed by atoms with Gasteiger partial charge in [-0.3, -0.25) is 0 Å². The maximum absolute atomic E-state index is 14.7. The van der Waals surface area contributed by atoms with Crippen molar-refractivity contribution in [1.29, 1.82) is 0 Å². The number of rotatable bonds is 4. The second-order valence-electron chi connectivity index (χ2n) is 8.47. The Kier molecular flexibility index (Phi) is 6.28. The zero-order valence-corrected chi connectivity index (χ0v) is 18.9. The predicted octanol–water partition coefficient (Wildman–Crippen LogP) is 5.30. The number of benzene rings is 1. The normalized spacial score (nSPS) is 16.2. The van der Waals surface area contributed by atoms with Crippen molar-refractivity contribution >= 4 is 28.7 Å². The molecule has 1 fully saturated rings. The molecule has 3 heterocycles. The fourth-order valence-corrected chi connectivity index (χ4v) is 4.21. The second kappa shape index (κ2) is 9.03. The number of alkyl halides is 3. The molecule has 2 aromatic heterocycles. The van der Waals surface area contributed by atoms with Crippen LogP contribution in [0.5, 0.6) is 0 Å². The summed E-state index contributed by atoms with van der Waals surface area (Å²) in [6.07, 6.45) is -3.32. The zero-order chi connectivity index (χ0) is 24.6. The largest absolute Gasteiger partial charge is 0.389 e. The number of urea groups is 1. The molecule has 2 N–H and O–H groups in total. The summed E-state index contributed by atoms with van der Waals surface area (Å²) in [7, 11) is 1.71. The summed E-state index contributed by atoms with van der Waals surface area (Å²) in [4.78, 5) is 27.0. The molecular formula is C23H24F4N6O. The molecule has 0 radical (unpaired) electrons. The Balaban J connectivity index is 1.59. The Hall–Kier alpha value is -3.50. The molecule has 180 valence electrons. The van der Waals surface area contributed by atoms with Crippen molar-refractivity contribution in [3.8, 4) is 11.1 Å². The van der Waals surface area contributed by atoms with Crippen LogP contribution in [0.15, 0.2) is 24.4 Å². The summed E-state index contributed by atoms with van der Waals surface area (Å²) in [5.74, 6) is -0.843. The van der Waals surface area contributed by atoms with E-state index in [2.05, 4.69) is 25.6 Å². The monoisotopic (exact) mass is 476 g/mol. The van der Waals surface area contributed by atoms with Crippen molar-refractivity contribution in [1.82, 2.24) is 19.9 Å². The number of likely N-dealkylation sites (tertiary alicyclic amines) is 1. The lowest BCUT2D eigenvalue weighted by Crippen LogP contribution is -2.33. The lowest BCUT2D eigenvalue weighted by atomic mass is 9.97. The maximum Gasteiger partial charge on any atom is 0.389 e. The van der Waals surface area contributed by atoms with E-state index in [9.17, 15) is 22.4 Å². The molecule has 0 spiro atoms. The van der Waals surface area contributed by atoms with Gasteiger partial charge in [-0.1, -0.05) is 0 Å². The third kappa shape index (κ3) is 5.02. The van der Waals surface area contributed by atoms with Gasteiger partial charge in [0, 0.05) is 49.4 Å². The fourth-order valence-electron chi connectivity index (χ4n) is 4.21. The third-order valence-electron chi connectivity index (χ3n) is 5.92. The Morgan fingerprint density at radius 3 is 2.65 bits per heavy atom. The van der Waals surface area contributed by atoms with E-state index in [1.165, 1.54) is 17.0 Å². The minimum absolute atomic E-state index is 0.0199. The van der Waals surface area contributed by atoms with E-state index in [1.807, 2.05) is 13.0 Å². The van der Waals surface area contributed by atoms with E-state index in [0.717, 1.165) is 5.56 Å². The van der Waals surface area contributed by atoms with Crippen molar-refractivity contribution in [2.75, 3.05) is 30.8 Å². The summed E-state index contributed by atoms with van der Waals surface area (Å²) in [5, 5.41) is 6.08. The Morgan fingerprint density at radius 1 is 1.18 bits per heavy atom. The molecule has 11 heteroatoms. The van der Waals surface area contributed by atoms with Gasteiger partial charge in [-0.2, -0.15) is 18.2 Å². The average Bonchev–Trinajstić information content (AvgIpc) is 3.21. The lowest BCUT2D eigenvalue weighted by molar-refractivity contribution is -0.143. The van der Waals surface area contributed by atoms with E-state index in [-0.39, 0.29) is 25.2 Å². The van der Waals surface area contributed by atoms with Crippen LogP contribution in [-0.2, 0) is 0 Å². The van der Waals surface area contributed by atoms with Gasteiger partial charge < -0.3 is 15.5 Å². The highest BCUT2D eigenvalue weighted by Gasteiger charge is 2.36. The van der Waals surface area contributed by atoms with E-state index in [4.69, 9.17) is 0 Å². The molecule has 1 saturated heterocycles. The van der Waals surface area contributed by atoms with Crippen LogP contribution in [0.2, 0.25) is 0 Å². The van der Waals surface area contributed by atoms with E-state index in [1.54, 1.807) is 20.2 Å². The van der Waals surface area contributed by atoms with Crippen molar-refractivity contribution in [3.63, 3.8) is 0 Å². The second-order valence-corrected chi connectivity index (χ2v) is 8.47. The zero-order valence-electron chi connectivity index (χ0n) is 18.9. The van der Waals surface area contributed by atoms with Crippen LogP contribution < -0.4 is 10.6 Å². The highest BCUT2D eigenvalue weighted by Crippen LogP contribution is 2.33. The highest BCUT2D eigenvalue weighted by atomic mass is 19.4. The molecule has 2 amide bonds. The van der Waals surface area contributed by atoms with Crippen molar-refractivity contribution in [3.05, 3.63) is 41.5 Å². The van der Waals surface area contributed by atoms with Crippen LogP contribution >= 0.6 is 0 Å². The molecule has 4 rings (SSSR count). The number of aryl methyl sites for hydroxylation is 2. The highest BCUT2D eigenvalue weighted by molar-refractivity contribution is 5.91. The maximum atomic E-state index is 14.7. The number of pyridine rings is 1. The molecule has 0 unspecified atom stereocenters. The third-order valence-corrected chi connectivity index (χ3v) is 5.92. The van der Waals surface area contributed by atoms with Crippen molar-refractivity contribution in [2.45, 2.75) is 32.9 Å². The number of carbonyl (C=O) groups is 1. The van der Waals surface area contributed by atoms with Gasteiger partial charge in [0.25, 0.3) is 0 Å². The molecule has 1 aromatic carbocycles. The number of nitrogens with one attached hydrogen (secondary N) is 2. The van der Waals surface area contributed by atoms with Gasteiger partial charge in [-0.05, 0) is 55.5 Å². The quantitative estimate of drug-likeness (QED) is 0.500. The molecule has 1 aliphatic rings. The number of nitrogens with zero attached hydrogens (tertiary/aromatic N) is 4. The van der Waals surface area contributed by atoms with Gasteiger partial charge in [0.1, 0.15) is 5.82 Å². The number of anilines is 2. The van der Waals surface area contributed by atoms with Crippen LogP contribution in [-0.4, -0.2) is 52.2 Å². The van der Waals surface area contributed by atoms with Gasteiger partial charge in [0.2, 0.25) is 5.95 Å². The van der Waals surface area contributed by atoms with Crippen LogP contribution in [0.4, 0.5) is 34.0 Å². The number of aromatic nitrogens is 3. The Bertz CT molecular complexity index is 1250. The fraction of sp³-hybridized carbons (Fsp3) is 0.391. The number of fused-ring (bicyclic) bond motifs is 1. The van der Waals surface area contributed by atoms with Crippen LogP contribution in [0.25, 0.3) is 22.2 Å². The number of hydrogen-bond donors (Lipinski definition) is 2. The van der Waals surface area contributed by atoms with Gasteiger partial charge in [-0.25, -0.2) is 19.2 Å². The molecule has 1 aliphatic heterocycles. The van der Waals surface area contributed by atoms with Crippen molar-refractivity contribution < 1.29 is 22.4 Å². The lowest BCUT2D eigenvalue weighted by Gasteiger charge is -2.19. The smallest absolute Gasteiger partial charge is 0.357 e. The summed E-state index contributed by atoms with van der Waals surface area (Å²) in [6.45, 7) is 3.72. The van der Waals surface area contributed by atoms with E-state index in [0.29, 0.717) is 33.8 Å². The number of hydrogen-bond acceptors (Lipinski definition) is 5. The van der Waals surface area contributed by atoms with Gasteiger partial charge in [-0.15, -0.1) is 0 Å². The van der Waals surface area contributed by atoms with Gasteiger partial charge in [0.05, 0.1) is 5.69 Å². The standard InChI is InChI=1S/C23H24F4N6O/c1-12-6-18(24)19(31-22(34)33-5-4-14(11-33)9-23(25,26)27)8-16(12)17-7-15-10-29-21(28-3)32-20(15)30-13(17)2/h6-8,10,14H,4-5,9,11H2,1-3H3,(H,31,34)(H,28,29,30,32)/t14-/m1/s1. The minimum atomic E-state index is -4.28. The van der Waals surface area contributed by atoms with Crippen LogP contribution in [0.3, 0.4) is 0 Å². The molecular weight excluding hydrogens is 452 g/mol. The molecule has 7 nitrogen and oxygen atoms in total. The van der Waals surface area contributed by atoms with Gasteiger partial charge in [0.15, 0.2) is 5.65 Å². The number of carbonyl (C=O) groups excluding carboxylic acids is 1.